The van der Waals surface area contributed by atoms with Crippen LogP contribution in [0.2, 0.25) is 0 Å². The van der Waals surface area contributed by atoms with Gasteiger partial charge in [-0.3, -0.25) is 4.79 Å². The van der Waals surface area contributed by atoms with Gasteiger partial charge in [0.05, 0.1) is 24.0 Å². The van der Waals surface area contributed by atoms with Gasteiger partial charge in [-0.05, 0) is 44.9 Å². The van der Waals surface area contributed by atoms with Crippen LogP contribution in [0.5, 0.6) is 5.75 Å². The summed E-state index contributed by atoms with van der Waals surface area (Å²) < 4.78 is 28.8. The molecule has 6 heteroatoms. The summed E-state index contributed by atoms with van der Waals surface area (Å²) in [5.41, 5.74) is 0.908. The van der Waals surface area contributed by atoms with Gasteiger partial charge in [-0.1, -0.05) is 12.1 Å². The van der Waals surface area contributed by atoms with Crippen LogP contribution in [-0.4, -0.2) is 49.4 Å². The number of benzene rings is 1. The summed E-state index contributed by atoms with van der Waals surface area (Å²) >= 11 is 0. The summed E-state index contributed by atoms with van der Waals surface area (Å²) in [5, 5.41) is 0. The summed E-state index contributed by atoms with van der Waals surface area (Å²) in [5.74, 6) is 1.04. The maximum atomic E-state index is 12.5. The molecule has 0 aromatic heterocycles. The fourth-order valence-electron chi connectivity index (χ4n) is 2.89. The standard InChI is InChI=1S/C17H25NO4S/c1-4-18(15-9-10-23(20,21)12-15)17(19)11-14-5-7-16(8-6-14)22-13(2)3/h5-8,13,15H,4,9-12H2,1-3H3. The highest BCUT2D eigenvalue weighted by atomic mass is 32.2. The second-order valence-corrected chi connectivity index (χ2v) is 8.45. The summed E-state index contributed by atoms with van der Waals surface area (Å²) in [7, 11) is -2.98. The second-order valence-electron chi connectivity index (χ2n) is 6.22. The van der Waals surface area contributed by atoms with E-state index in [4.69, 9.17) is 4.74 Å². The Balaban J connectivity index is 1.99. The minimum Gasteiger partial charge on any atom is -0.491 e. The summed E-state index contributed by atoms with van der Waals surface area (Å²) in [6, 6.07) is 7.31. The van der Waals surface area contributed by atoms with Gasteiger partial charge in [0.15, 0.2) is 9.84 Å². The Kier molecular flexibility index (Phi) is 5.68. The predicted molar refractivity (Wildman–Crippen MR) is 90.4 cm³/mol. The first-order chi connectivity index (χ1) is 10.8. The number of hydrogen-bond donors (Lipinski definition) is 0. The van der Waals surface area contributed by atoms with Crippen molar-refractivity contribution in [2.45, 2.75) is 45.8 Å². The molecule has 1 aromatic rings. The largest absolute Gasteiger partial charge is 0.491 e. The van der Waals surface area contributed by atoms with Crippen molar-refractivity contribution in [2.24, 2.45) is 0 Å². The minimum absolute atomic E-state index is 0.0212. The molecule has 2 rings (SSSR count). The Hall–Kier alpha value is -1.56. The van der Waals surface area contributed by atoms with Crippen LogP contribution >= 0.6 is 0 Å². The quantitative estimate of drug-likeness (QED) is 0.796. The SMILES string of the molecule is CCN(C(=O)Cc1ccc(OC(C)C)cc1)C1CCS(=O)(=O)C1. The minimum atomic E-state index is -2.98. The van der Waals surface area contributed by atoms with Crippen LogP contribution in [0, 0.1) is 0 Å². The van der Waals surface area contributed by atoms with Gasteiger partial charge in [0.1, 0.15) is 5.75 Å². The van der Waals surface area contributed by atoms with E-state index in [2.05, 4.69) is 0 Å². The van der Waals surface area contributed by atoms with Crippen molar-refractivity contribution in [3.63, 3.8) is 0 Å². The van der Waals surface area contributed by atoms with Crippen molar-refractivity contribution in [2.75, 3.05) is 18.1 Å². The maximum absolute atomic E-state index is 12.5. The lowest BCUT2D eigenvalue weighted by atomic mass is 10.1. The van der Waals surface area contributed by atoms with Crippen LogP contribution in [0.1, 0.15) is 32.8 Å². The van der Waals surface area contributed by atoms with Crippen molar-refractivity contribution in [1.82, 2.24) is 4.90 Å². The Bertz CT molecular complexity index is 637. The van der Waals surface area contributed by atoms with Crippen LogP contribution in [0.3, 0.4) is 0 Å². The zero-order chi connectivity index (χ0) is 17.0. The van der Waals surface area contributed by atoms with E-state index >= 15 is 0 Å². The van der Waals surface area contributed by atoms with Crippen LogP contribution in [0.4, 0.5) is 0 Å². The van der Waals surface area contributed by atoms with E-state index in [1.165, 1.54) is 0 Å². The molecule has 0 aliphatic carbocycles. The Morgan fingerprint density at radius 2 is 1.96 bits per heavy atom. The third-order valence-electron chi connectivity index (χ3n) is 3.96. The lowest BCUT2D eigenvalue weighted by Crippen LogP contribution is -2.41. The molecule has 1 amide bonds. The molecular formula is C17H25NO4S. The molecule has 0 N–H and O–H groups in total. The number of hydrogen-bond acceptors (Lipinski definition) is 4. The van der Waals surface area contributed by atoms with Gasteiger partial charge < -0.3 is 9.64 Å². The number of carbonyl (C=O) groups excluding carboxylic acids is 1. The number of likely N-dealkylation sites (N-methyl/N-ethyl adjacent to an activating group) is 1. The first kappa shape index (κ1) is 17.8. The summed E-state index contributed by atoms with van der Waals surface area (Å²) in [6.45, 7) is 6.36. The van der Waals surface area contributed by atoms with E-state index in [1.54, 1.807) is 4.90 Å². The fourth-order valence-corrected chi connectivity index (χ4v) is 4.62. The molecule has 0 bridgehead atoms. The highest BCUT2D eigenvalue weighted by Gasteiger charge is 2.33. The van der Waals surface area contributed by atoms with Crippen LogP contribution in [-0.2, 0) is 21.1 Å². The van der Waals surface area contributed by atoms with Crippen molar-refractivity contribution in [3.05, 3.63) is 29.8 Å². The van der Waals surface area contributed by atoms with Gasteiger partial charge in [-0.15, -0.1) is 0 Å². The Morgan fingerprint density at radius 3 is 2.43 bits per heavy atom. The molecule has 0 spiro atoms. The molecule has 1 fully saturated rings. The highest BCUT2D eigenvalue weighted by Crippen LogP contribution is 2.20. The zero-order valence-electron chi connectivity index (χ0n) is 14.0. The van der Waals surface area contributed by atoms with E-state index in [1.807, 2.05) is 45.0 Å². The number of rotatable bonds is 6. The maximum Gasteiger partial charge on any atom is 0.227 e. The van der Waals surface area contributed by atoms with Gasteiger partial charge >= 0.3 is 0 Å². The second kappa shape index (κ2) is 7.34. The van der Waals surface area contributed by atoms with E-state index < -0.39 is 9.84 Å². The molecule has 128 valence electrons. The first-order valence-corrected chi connectivity index (χ1v) is 9.88. The van der Waals surface area contributed by atoms with Crippen LogP contribution in [0.15, 0.2) is 24.3 Å². The molecule has 1 saturated heterocycles. The van der Waals surface area contributed by atoms with Crippen molar-refractivity contribution < 1.29 is 17.9 Å². The molecule has 0 saturated carbocycles. The fraction of sp³-hybridized carbons (Fsp3) is 0.588. The van der Waals surface area contributed by atoms with Crippen LogP contribution < -0.4 is 4.74 Å². The summed E-state index contributed by atoms with van der Waals surface area (Å²) in [4.78, 5) is 14.2. The van der Waals surface area contributed by atoms with Gasteiger partial charge in [-0.25, -0.2) is 8.42 Å². The molecule has 1 aliphatic heterocycles. The van der Waals surface area contributed by atoms with Gasteiger partial charge in [0.2, 0.25) is 5.91 Å². The summed E-state index contributed by atoms with van der Waals surface area (Å²) in [6.07, 6.45) is 0.942. The number of nitrogens with zero attached hydrogens (tertiary/aromatic N) is 1. The average Bonchev–Trinajstić information content (AvgIpc) is 2.81. The lowest BCUT2D eigenvalue weighted by molar-refractivity contribution is -0.132. The lowest BCUT2D eigenvalue weighted by Gasteiger charge is -2.27. The molecule has 5 nitrogen and oxygen atoms in total. The number of sulfone groups is 1. The van der Waals surface area contributed by atoms with Crippen molar-refractivity contribution in [3.8, 4) is 5.75 Å². The molecule has 1 heterocycles. The van der Waals surface area contributed by atoms with E-state index in [0.717, 1.165) is 11.3 Å². The predicted octanol–water partition coefficient (Wildman–Crippen LogP) is 2.05. The molecule has 1 aromatic carbocycles. The topological polar surface area (TPSA) is 63.7 Å². The molecule has 1 atom stereocenters. The Morgan fingerprint density at radius 1 is 1.30 bits per heavy atom. The number of amides is 1. The van der Waals surface area contributed by atoms with Crippen molar-refractivity contribution in [1.29, 1.82) is 0 Å². The Labute approximate surface area is 138 Å². The van der Waals surface area contributed by atoms with E-state index in [9.17, 15) is 13.2 Å². The van der Waals surface area contributed by atoms with E-state index in [-0.39, 0.29) is 36.0 Å². The molecular weight excluding hydrogens is 314 g/mol. The molecule has 23 heavy (non-hydrogen) atoms. The van der Waals surface area contributed by atoms with Gasteiger partial charge in [-0.2, -0.15) is 0 Å². The highest BCUT2D eigenvalue weighted by molar-refractivity contribution is 7.91. The smallest absolute Gasteiger partial charge is 0.227 e. The normalized spacial score (nSPS) is 19.7. The first-order valence-electron chi connectivity index (χ1n) is 8.06. The van der Waals surface area contributed by atoms with Crippen LogP contribution in [0.25, 0.3) is 0 Å². The van der Waals surface area contributed by atoms with E-state index in [0.29, 0.717) is 13.0 Å². The zero-order valence-corrected chi connectivity index (χ0v) is 14.8. The molecule has 1 unspecified atom stereocenters. The monoisotopic (exact) mass is 339 g/mol. The third kappa shape index (κ3) is 4.96. The average molecular weight is 339 g/mol. The molecule has 1 aliphatic rings. The molecule has 0 radical (unpaired) electrons. The van der Waals surface area contributed by atoms with Crippen molar-refractivity contribution >= 4 is 15.7 Å². The van der Waals surface area contributed by atoms with Gasteiger partial charge in [0.25, 0.3) is 0 Å². The number of ether oxygens (including phenoxy) is 1. The number of carbonyl (C=O) groups is 1. The third-order valence-corrected chi connectivity index (χ3v) is 5.71. The van der Waals surface area contributed by atoms with Gasteiger partial charge in [0, 0.05) is 12.6 Å².